The molecular weight excluding hydrogens is 416 g/mol. The maximum Gasteiger partial charge on any atom is 0.242 e. The summed E-state index contributed by atoms with van der Waals surface area (Å²) >= 11 is 0. The van der Waals surface area contributed by atoms with E-state index in [1.165, 1.54) is 24.0 Å². The normalized spacial score (nSPS) is 12.0. The summed E-state index contributed by atoms with van der Waals surface area (Å²) in [6, 6.07) is 11.0. The summed E-state index contributed by atoms with van der Waals surface area (Å²) in [4.78, 5) is 12.9. The minimum Gasteiger partial charge on any atom is -0.444 e. The van der Waals surface area contributed by atoms with Gasteiger partial charge in [-0.15, -0.1) is 0 Å². The van der Waals surface area contributed by atoms with E-state index in [1.54, 1.807) is 12.3 Å². The van der Waals surface area contributed by atoms with Gasteiger partial charge in [0.1, 0.15) is 16.9 Å². The quantitative estimate of drug-likeness (QED) is 0.263. The van der Waals surface area contributed by atoms with Crippen molar-refractivity contribution in [3.8, 4) is 11.5 Å². The molecule has 0 aliphatic heterocycles. The third-order valence-electron chi connectivity index (χ3n) is 4.25. The lowest BCUT2D eigenvalue weighted by Crippen LogP contribution is -2.41. The number of nitrogens with zero attached hydrogens (tertiary/aromatic N) is 3. The molecule has 0 saturated heterocycles. The van der Waals surface area contributed by atoms with Gasteiger partial charge in [0.25, 0.3) is 0 Å². The third-order valence-corrected chi connectivity index (χ3v) is 5.69. The van der Waals surface area contributed by atoms with Crippen molar-refractivity contribution in [2.24, 2.45) is 4.99 Å². The number of guanidine groups is 1. The largest absolute Gasteiger partial charge is 0.444 e. The number of nitrogens with one attached hydrogen (secondary N) is 3. The number of aryl methyl sites for hydroxylation is 1. The maximum atomic E-state index is 12.2. The molecular formula is C21H26N6O3S. The standard InChI is InChI=1S/C21H26N6O3S/c1-3-23-21(24-11-12-26-31(28,29)19-5-4-10-22-14-19)25-13-18-15-30-20(27-18)17-8-6-16(2)7-9-17/h4-10,14-15,26H,3,11-13H2,1-2H3,(H2,23,24,25). The molecule has 0 saturated carbocycles. The van der Waals surface area contributed by atoms with Crippen molar-refractivity contribution in [1.82, 2.24) is 25.3 Å². The van der Waals surface area contributed by atoms with E-state index in [1.807, 2.05) is 38.1 Å². The van der Waals surface area contributed by atoms with Crippen LogP contribution in [0.5, 0.6) is 0 Å². The first-order valence-corrected chi connectivity index (χ1v) is 11.4. The van der Waals surface area contributed by atoms with E-state index in [0.717, 1.165) is 5.56 Å². The summed E-state index contributed by atoms with van der Waals surface area (Å²) in [7, 11) is -3.59. The molecule has 0 aliphatic carbocycles. The van der Waals surface area contributed by atoms with Crippen LogP contribution in [0.4, 0.5) is 0 Å². The van der Waals surface area contributed by atoms with Crippen LogP contribution in [-0.4, -0.2) is 44.0 Å². The maximum absolute atomic E-state index is 12.2. The summed E-state index contributed by atoms with van der Waals surface area (Å²) in [5.41, 5.74) is 2.78. The van der Waals surface area contributed by atoms with Crippen molar-refractivity contribution in [3.05, 3.63) is 66.3 Å². The minimum atomic E-state index is -3.59. The molecule has 0 unspecified atom stereocenters. The Kier molecular flexibility index (Phi) is 7.74. The first-order chi connectivity index (χ1) is 15.0. The molecule has 2 heterocycles. The highest BCUT2D eigenvalue weighted by Crippen LogP contribution is 2.19. The summed E-state index contributed by atoms with van der Waals surface area (Å²) in [5, 5.41) is 6.22. The fourth-order valence-electron chi connectivity index (χ4n) is 2.67. The van der Waals surface area contributed by atoms with Crippen LogP contribution in [0, 0.1) is 6.92 Å². The summed E-state index contributed by atoms with van der Waals surface area (Å²) in [6.45, 7) is 5.53. The zero-order valence-electron chi connectivity index (χ0n) is 17.5. The molecule has 1 aromatic carbocycles. The second-order valence-electron chi connectivity index (χ2n) is 6.72. The van der Waals surface area contributed by atoms with Gasteiger partial charge in [0.2, 0.25) is 15.9 Å². The monoisotopic (exact) mass is 442 g/mol. The van der Waals surface area contributed by atoms with Gasteiger partial charge in [-0.25, -0.2) is 23.1 Å². The average molecular weight is 443 g/mol. The smallest absolute Gasteiger partial charge is 0.242 e. The molecule has 0 amide bonds. The Morgan fingerprint density at radius 1 is 1.13 bits per heavy atom. The molecule has 9 nitrogen and oxygen atoms in total. The van der Waals surface area contributed by atoms with E-state index in [9.17, 15) is 8.42 Å². The summed E-state index contributed by atoms with van der Waals surface area (Å²) in [5.74, 6) is 1.11. The number of oxazole rings is 1. The van der Waals surface area contributed by atoms with Gasteiger partial charge in [-0.3, -0.25) is 4.98 Å². The summed E-state index contributed by atoms with van der Waals surface area (Å²) in [6.07, 6.45) is 4.42. The molecule has 164 valence electrons. The highest BCUT2D eigenvalue weighted by atomic mass is 32.2. The second-order valence-corrected chi connectivity index (χ2v) is 8.49. The minimum absolute atomic E-state index is 0.131. The molecule has 0 aliphatic rings. The Bertz CT molecular complexity index is 1100. The number of aliphatic imine (C=N–C) groups is 1. The highest BCUT2D eigenvalue weighted by molar-refractivity contribution is 7.89. The zero-order valence-corrected chi connectivity index (χ0v) is 18.3. The van der Waals surface area contributed by atoms with Crippen molar-refractivity contribution in [2.75, 3.05) is 19.6 Å². The van der Waals surface area contributed by atoms with E-state index in [4.69, 9.17) is 4.42 Å². The second kappa shape index (κ2) is 10.7. The van der Waals surface area contributed by atoms with E-state index in [2.05, 4.69) is 30.3 Å². The van der Waals surface area contributed by atoms with Gasteiger partial charge in [-0.1, -0.05) is 17.7 Å². The molecule has 2 aromatic heterocycles. The first-order valence-electron chi connectivity index (χ1n) is 9.91. The molecule has 0 spiro atoms. The lowest BCUT2D eigenvalue weighted by atomic mass is 10.1. The molecule has 10 heteroatoms. The topological polar surface area (TPSA) is 122 Å². The van der Waals surface area contributed by atoms with Crippen LogP contribution < -0.4 is 15.4 Å². The fourth-order valence-corrected chi connectivity index (χ4v) is 3.66. The average Bonchev–Trinajstić information content (AvgIpc) is 3.25. The molecule has 3 N–H and O–H groups in total. The molecule has 3 rings (SSSR count). The van der Waals surface area contributed by atoms with Crippen molar-refractivity contribution in [3.63, 3.8) is 0 Å². The van der Waals surface area contributed by atoms with Crippen LogP contribution in [0.2, 0.25) is 0 Å². The van der Waals surface area contributed by atoms with Crippen molar-refractivity contribution >= 4 is 16.0 Å². The van der Waals surface area contributed by atoms with Gasteiger partial charge in [0.05, 0.1) is 6.54 Å². The van der Waals surface area contributed by atoms with Crippen LogP contribution >= 0.6 is 0 Å². The van der Waals surface area contributed by atoms with Crippen LogP contribution in [0.1, 0.15) is 18.2 Å². The van der Waals surface area contributed by atoms with Crippen molar-refractivity contribution in [2.45, 2.75) is 25.3 Å². The predicted molar refractivity (Wildman–Crippen MR) is 119 cm³/mol. The van der Waals surface area contributed by atoms with E-state index >= 15 is 0 Å². The Morgan fingerprint density at radius 2 is 1.94 bits per heavy atom. The Balaban J connectivity index is 1.53. The van der Waals surface area contributed by atoms with Gasteiger partial charge < -0.3 is 15.1 Å². The highest BCUT2D eigenvalue weighted by Gasteiger charge is 2.13. The number of sulfonamides is 1. The van der Waals surface area contributed by atoms with Gasteiger partial charge in [0, 0.05) is 37.6 Å². The SMILES string of the molecule is CCNC(=NCc1coc(-c2ccc(C)cc2)n1)NCCNS(=O)(=O)c1cccnc1. The zero-order chi connectivity index (χ0) is 22.1. The number of benzene rings is 1. The first kappa shape index (κ1) is 22.4. The van der Waals surface area contributed by atoms with Crippen molar-refractivity contribution < 1.29 is 12.8 Å². The van der Waals surface area contributed by atoms with Gasteiger partial charge in [-0.2, -0.15) is 0 Å². The van der Waals surface area contributed by atoms with Crippen molar-refractivity contribution in [1.29, 1.82) is 0 Å². The van der Waals surface area contributed by atoms with Crippen LogP contribution in [0.15, 0.2) is 69.4 Å². The van der Waals surface area contributed by atoms with E-state index in [-0.39, 0.29) is 11.4 Å². The van der Waals surface area contributed by atoms with E-state index < -0.39 is 10.0 Å². The Hall–Kier alpha value is -3.24. The third kappa shape index (κ3) is 6.63. The molecule has 3 aromatic rings. The van der Waals surface area contributed by atoms with Crippen LogP contribution in [0.25, 0.3) is 11.5 Å². The fraction of sp³-hybridized carbons (Fsp3) is 0.286. The Labute approximate surface area is 182 Å². The molecule has 0 bridgehead atoms. The number of rotatable bonds is 9. The number of aromatic nitrogens is 2. The molecule has 0 fully saturated rings. The number of pyridine rings is 1. The number of hydrogen-bond acceptors (Lipinski definition) is 6. The number of hydrogen-bond donors (Lipinski definition) is 3. The van der Waals surface area contributed by atoms with Gasteiger partial charge >= 0.3 is 0 Å². The lowest BCUT2D eigenvalue weighted by Gasteiger charge is -2.11. The van der Waals surface area contributed by atoms with Gasteiger partial charge in [-0.05, 0) is 38.1 Å². The predicted octanol–water partition coefficient (Wildman–Crippen LogP) is 2.08. The van der Waals surface area contributed by atoms with Crippen LogP contribution in [-0.2, 0) is 16.6 Å². The Morgan fingerprint density at radius 3 is 2.65 bits per heavy atom. The molecule has 0 radical (unpaired) electrons. The molecule has 0 atom stereocenters. The van der Waals surface area contributed by atoms with E-state index in [0.29, 0.717) is 37.2 Å². The van der Waals surface area contributed by atoms with Gasteiger partial charge in [0.15, 0.2) is 5.96 Å². The lowest BCUT2D eigenvalue weighted by molar-refractivity contribution is 0.572. The summed E-state index contributed by atoms with van der Waals surface area (Å²) < 4.78 is 32.5. The molecule has 31 heavy (non-hydrogen) atoms. The van der Waals surface area contributed by atoms with Crippen LogP contribution in [0.3, 0.4) is 0 Å².